The van der Waals surface area contributed by atoms with Gasteiger partial charge in [-0.15, -0.1) is 11.3 Å². The van der Waals surface area contributed by atoms with Crippen LogP contribution in [0.5, 0.6) is 0 Å². The maximum Gasteiger partial charge on any atom is 0.320 e. The highest BCUT2D eigenvalue weighted by molar-refractivity contribution is 7.09. The van der Waals surface area contributed by atoms with Crippen LogP contribution in [-0.4, -0.2) is 29.6 Å². The Kier molecular flexibility index (Phi) is 4.94. The lowest BCUT2D eigenvalue weighted by Crippen LogP contribution is -2.41. The molecule has 0 saturated heterocycles. The molecule has 0 fully saturated rings. The molecule has 1 heterocycles. The third-order valence-electron chi connectivity index (χ3n) is 1.98. The molecule has 1 rings (SSSR count). The molecular formula is C10H14N2O3S. The highest BCUT2D eigenvalue weighted by Gasteiger charge is 2.11. The van der Waals surface area contributed by atoms with Gasteiger partial charge in [0, 0.05) is 4.88 Å². The van der Waals surface area contributed by atoms with E-state index in [0.29, 0.717) is 6.54 Å². The molecule has 0 aliphatic heterocycles. The number of carboxylic acid groups (broad SMARTS) is 1. The summed E-state index contributed by atoms with van der Waals surface area (Å²) in [5.74, 6) is -1.17. The molecule has 1 amide bonds. The van der Waals surface area contributed by atoms with Crippen LogP contribution < -0.4 is 10.6 Å². The molecule has 16 heavy (non-hydrogen) atoms. The molecule has 0 unspecified atom stereocenters. The molecule has 3 N–H and O–H groups in total. The summed E-state index contributed by atoms with van der Waals surface area (Å²) in [6.45, 7) is 1.99. The summed E-state index contributed by atoms with van der Waals surface area (Å²) in [6, 6.07) is 3.13. The second kappa shape index (κ2) is 6.24. The predicted molar refractivity (Wildman–Crippen MR) is 61.3 cm³/mol. The largest absolute Gasteiger partial charge is 0.480 e. The van der Waals surface area contributed by atoms with Gasteiger partial charge in [0.25, 0.3) is 0 Å². The van der Waals surface area contributed by atoms with Crippen LogP contribution in [0.2, 0.25) is 0 Å². The molecule has 0 spiro atoms. The molecule has 5 nitrogen and oxygen atoms in total. The van der Waals surface area contributed by atoms with Crippen LogP contribution in [0.15, 0.2) is 17.5 Å². The van der Waals surface area contributed by atoms with E-state index in [0.717, 1.165) is 4.88 Å². The molecule has 0 radical (unpaired) electrons. The third kappa shape index (κ3) is 4.41. The van der Waals surface area contributed by atoms with Crippen LogP contribution in [0.1, 0.15) is 11.8 Å². The summed E-state index contributed by atoms with van der Waals surface area (Å²) >= 11 is 1.56. The van der Waals surface area contributed by atoms with Gasteiger partial charge >= 0.3 is 5.97 Å². The smallest absolute Gasteiger partial charge is 0.320 e. The van der Waals surface area contributed by atoms with Gasteiger partial charge in [0.2, 0.25) is 5.91 Å². The van der Waals surface area contributed by atoms with E-state index in [4.69, 9.17) is 5.11 Å². The molecule has 0 saturated carbocycles. The minimum absolute atomic E-state index is 0.0127. The van der Waals surface area contributed by atoms with Crippen molar-refractivity contribution in [1.82, 2.24) is 10.6 Å². The summed E-state index contributed by atoms with van der Waals surface area (Å²) in [4.78, 5) is 22.8. The molecule has 0 aliphatic carbocycles. The lowest BCUT2D eigenvalue weighted by molar-refractivity contribution is -0.139. The van der Waals surface area contributed by atoms with Gasteiger partial charge in [-0.3, -0.25) is 14.9 Å². The molecule has 6 heteroatoms. The Morgan fingerprint density at radius 1 is 1.56 bits per heavy atom. The number of amides is 1. The average molecular weight is 242 g/mol. The first-order valence-corrected chi connectivity index (χ1v) is 5.73. The number of nitrogens with one attached hydrogen (secondary N) is 2. The fourth-order valence-electron chi connectivity index (χ4n) is 0.994. The number of carbonyl (C=O) groups excluding carboxylic acids is 1. The summed E-state index contributed by atoms with van der Waals surface area (Å²) in [5.41, 5.74) is 0. The number of carbonyl (C=O) groups is 2. The highest BCUT2D eigenvalue weighted by Crippen LogP contribution is 2.06. The molecule has 1 aromatic rings. The van der Waals surface area contributed by atoms with E-state index in [-0.39, 0.29) is 12.5 Å². The van der Waals surface area contributed by atoms with Crippen molar-refractivity contribution in [3.05, 3.63) is 22.4 Å². The fraction of sp³-hybridized carbons (Fsp3) is 0.400. The lowest BCUT2D eigenvalue weighted by Gasteiger charge is -2.08. The third-order valence-corrected chi connectivity index (χ3v) is 2.86. The summed E-state index contributed by atoms with van der Waals surface area (Å²) < 4.78 is 0. The van der Waals surface area contributed by atoms with E-state index in [1.54, 1.807) is 11.3 Å². The number of carboxylic acids is 1. The molecule has 1 aromatic heterocycles. The fourth-order valence-corrected chi connectivity index (χ4v) is 1.64. The number of rotatable bonds is 6. The van der Waals surface area contributed by atoms with Crippen LogP contribution in [0, 0.1) is 0 Å². The zero-order valence-electron chi connectivity index (χ0n) is 8.90. The monoisotopic (exact) mass is 242 g/mol. The summed E-state index contributed by atoms with van der Waals surface area (Å²) in [6.07, 6.45) is 0. The van der Waals surface area contributed by atoms with Gasteiger partial charge in [-0.25, -0.2) is 0 Å². The Hall–Kier alpha value is -1.40. The van der Waals surface area contributed by atoms with Gasteiger partial charge in [0.15, 0.2) is 0 Å². The Labute approximate surface area is 97.5 Å². The van der Waals surface area contributed by atoms with Crippen molar-refractivity contribution in [2.24, 2.45) is 0 Å². The topological polar surface area (TPSA) is 78.4 Å². The van der Waals surface area contributed by atoms with Gasteiger partial charge in [-0.1, -0.05) is 6.07 Å². The standard InChI is InChI=1S/C10H14N2O3S/c1-7(10(14)15)11-6-9(13)12-5-8-3-2-4-16-8/h2-4,7,11H,5-6H2,1H3,(H,12,13)(H,14,15)/t7-/m1/s1. The van der Waals surface area contributed by atoms with E-state index < -0.39 is 12.0 Å². The summed E-state index contributed by atoms with van der Waals surface area (Å²) in [7, 11) is 0. The van der Waals surface area contributed by atoms with Gasteiger partial charge in [0.1, 0.15) is 6.04 Å². The van der Waals surface area contributed by atoms with E-state index in [9.17, 15) is 9.59 Å². The van der Waals surface area contributed by atoms with E-state index in [1.807, 2.05) is 17.5 Å². The summed E-state index contributed by atoms with van der Waals surface area (Å²) in [5, 5.41) is 15.8. The van der Waals surface area contributed by atoms with E-state index >= 15 is 0 Å². The Bertz CT molecular complexity index is 351. The van der Waals surface area contributed by atoms with Crippen molar-refractivity contribution < 1.29 is 14.7 Å². The van der Waals surface area contributed by atoms with Crippen molar-refractivity contribution in [3.63, 3.8) is 0 Å². The maximum atomic E-state index is 11.3. The molecule has 0 bridgehead atoms. The van der Waals surface area contributed by atoms with Crippen LogP contribution in [0.4, 0.5) is 0 Å². The quantitative estimate of drug-likeness (QED) is 0.676. The number of hydrogen-bond donors (Lipinski definition) is 3. The first-order chi connectivity index (χ1) is 7.59. The lowest BCUT2D eigenvalue weighted by atomic mass is 10.3. The molecule has 0 aliphatic rings. The van der Waals surface area contributed by atoms with Gasteiger partial charge in [0.05, 0.1) is 13.1 Å². The molecular weight excluding hydrogens is 228 g/mol. The zero-order chi connectivity index (χ0) is 12.0. The van der Waals surface area contributed by atoms with Gasteiger partial charge in [-0.2, -0.15) is 0 Å². The number of hydrogen-bond acceptors (Lipinski definition) is 4. The molecule has 88 valence electrons. The van der Waals surface area contributed by atoms with Crippen molar-refractivity contribution in [2.75, 3.05) is 6.54 Å². The molecule has 0 aromatic carbocycles. The number of thiophene rings is 1. The SMILES string of the molecule is C[C@@H](NCC(=O)NCc1cccs1)C(=O)O. The van der Waals surface area contributed by atoms with E-state index in [2.05, 4.69) is 10.6 Å². The van der Waals surface area contributed by atoms with Crippen molar-refractivity contribution in [3.8, 4) is 0 Å². The first-order valence-electron chi connectivity index (χ1n) is 4.85. The van der Waals surface area contributed by atoms with Crippen LogP contribution in [0.3, 0.4) is 0 Å². The normalized spacial score (nSPS) is 12.1. The van der Waals surface area contributed by atoms with Gasteiger partial charge < -0.3 is 10.4 Å². The second-order valence-electron chi connectivity index (χ2n) is 3.30. The maximum absolute atomic E-state index is 11.3. The van der Waals surface area contributed by atoms with Crippen LogP contribution in [-0.2, 0) is 16.1 Å². The van der Waals surface area contributed by atoms with Crippen molar-refractivity contribution >= 4 is 23.2 Å². The van der Waals surface area contributed by atoms with Gasteiger partial charge in [-0.05, 0) is 18.4 Å². The van der Waals surface area contributed by atoms with E-state index in [1.165, 1.54) is 6.92 Å². The van der Waals surface area contributed by atoms with Crippen molar-refractivity contribution in [1.29, 1.82) is 0 Å². The minimum atomic E-state index is -0.967. The second-order valence-corrected chi connectivity index (χ2v) is 4.33. The molecule has 1 atom stereocenters. The highest BCUT2D eigenvalue weighted by atomic mass is 32.1. The first kappa shape index (κ1) is 12.7. The Morgan fingerprint density at radius 3 is 2.88 bits per heavy atom. The average Bonchev–Trinajstić information content (AvgIpc) is 2.75. The minimum Gasteiger partial charge on any atom is -0.480 e. The van der Waals surface area contributed by atoms with Crippen LogP contribution in [0.25, 0.3) is 0 Å². The predicted octanol–water partition coefficient (Wildman–Crippen LogP) is 0.427. The Balaban J connectivity index is 2.19. The van der Waals surface area contributed by atoms with Crippen LogP contribution >= 0.6 is 11.3 Å². The zero-order valence-corrected chi connectivity index (χ0v) is 9.71. The Morgan fingerprint density at radius 2 is 2.31 bits per heavy atom. The number of aliphatic carboxylic acids is 1. The van der Waals surface area contributed by atoms with Crippen molar-refractivity contribution in [2.45, 2.75) is 19.5 Å².